The van der Waals surface area contributed by atoms with E-state index in [1.165, 1.54) is 0 Å². The molecular weight excluding hydrogens is 518 g/mol. The SMILES string of the molecule is C#C[C@H]1CC[C@H](Cn2c(N3CCOC[C@H]3CC)nc3nc(C(=N)NC(=O)O)nc(-c4cccc(Cl)c4)c32)CC1. The molecule has 1 saturated heterocycles. The standard InChI is InChI=1S/C28H32ClN7O3/c1-3-17-8-10-18(11-9-17)15-36-23-22(19-6-5-7-20(29)14-19)31-26(24(30)32-28(37)38)33-25(23)34-27(36)35-12-13-39-16-21(35)4-2/h1,5-7,14,17-18,21H,4,8-13,15-16H2,2H3,(H2,30,32)(H,37,38)/t17-,18-,21-/m1/s1. The fraction of sp³-hybridized carbons (Fsp3) is 0.464. The van der Waals surface area contributed by atoms with Gasteiger partial charge in [0.2, 0.25) is 5.95 Å². The molecular formula is C28H32ClN7O3. The minimum Gasteiger partial charge on any atom is -0.465 e. The van der Waals surface area contributed by atoms with Crippen LogP contribution >= 0.6 is 11.6 Å². The lowest BCUT2D eigenvalue weighted by molar-refractivity contribution is 0.0916. The largest absolute Gasteiger partial charge is 0.465 e. The van der Waals surface area contributed by atoms with Crippen molar-refractivity contribution in [1.29, 1.82) is 5.41 Å². The lowest BCUT2D eigenvalue weighted by Crippen LogP contribution is -2.46. The molecule has 0 unspecified atom stereocenters. The Hall–Kier alpha value is -3.68. The van der Waals surface area contributed by atoms with Gasteiger partial charge in [0.1, 0.15) is 11.2 Å². The Morgan fingerprint density at radius 2 is 2.08 bits per heavy atom. The van der Waals surface area contributed by atoms with E-state index in [1.807, 2.05) is 12.1 Å². The molecule has 204 valence electrons. The number of amides is 1. The lowest BCUT2D eigenvalue weighted by Gasteiger charge is -2.36. The zero-order valence-electron chi connectivity index (χ0n) is 21.9. The van der Waals surface area contributed by atoms with Crippen LogP contribution in [0.3, 0.4) is 0 Å². The predicted octanol–water partition coefficient (Wildman–Crippen LogP) is 4.79. The normalized spacial score (nSPS) is 21.5. The maximum absolute atomic E-state index is 11.3. The number of ether oxygens (including phenoxy) is 1. The van der Waals surface area contributed by atoms with E-state index in [2.05, 4.69) is 32.6 Å². The molecule has 0 spiro atoms. The number of hydrogen-bond acceptors (Lipinski definition) is 7. The molecule has 5 rings (SSSR count). The van der Waals surface area contributed by atoms with E-state index < -0.39 is 11.9 Å². The molecule has 3 N–H and O–H groups in total. The van der Waals surface area contributed by atoms with Crippen LogP contribution in [0.1, 0.15) is 44.9 Å². The summed E-state index contributed by atoms with van der Waals surface area (Å²) in [7, 11) is 0. The summed E-state index contributed by atoms with van der Waals surface area (Å²) in [6, 6.07) is 7.47. The number of rotatable bonds is 6. The number of morpholine rings is 1. The highest BCUT2D eigenvalue weighted by atomic mass is 35.5. The minimum absolute atomic E-state index is 0.0559. The van der Waals surface area contributed by atoms with Gasteiger partial charge in [-0.15, -0.1) is 12.3 Å². The number of anilines is 1. The molecule has 1 saturated carbocycles. The second-order valence-corrected chi connectivity index (χ2v) is 10.6. The van der Waals surface area contributed by atoms with Crippen molar-refractivity contribution in [3.63, 3.8) is 0 Å². The second kappa shape index (κ2) is 11.6. The number of amidine groups is 1. The Balaban J connectivity index is 1.70. The molecule has 0 radical (unpaired) electrons. The fourth-order valence-electron chi connectivity index (χ4n) is 5.55. The number of carbonyl (C=O) groups is 1. The van der Waals surface area contributed by atoms with Crippen LogP contribution in [-0.4, -0.2) is 62.4 Å². The molecule has 1 aliphatic heterocycles. The third kappa shape index (κ3) is 5.70. The number of hydrogen-bond donors (Lipinski definition) is 3. The van der Waals surface area contributed by atoms with E-state index in [9.17, 15) is 9.90 Å². The van der Waals surface area contributed by atoms with E-state index >= 15 is 0 Å². The molecule has 1 atom stereocenters. The van der Waals surface area contributed by atoms with Crippen molar-refractivity contribution >= 4 is 40.6 Å². The zero-order valence-corrected chi connectivity index (χ0v) is 22.6. The van der Waals surface area contributed by atoms with Gasteiger partial charge in [0, 0.05) is 29.6 Å². The summed E-state index contributed by atoms with van der Waals surface area (Å²) < 4.78 is 7.98. The van der Waals surface area contributed by atoms with Crippen LogP contribution in [0.25, 0.3) is 22.4 Å². The van der Waals surface area contributed by atoms with E-state index in [1.54, 1.807) is 12.1 Å². The van der Waals surface area contributed by atoms with Crippen LogP contribution in [0, 0.1) is 29.6 Å². The Morgan fingerprint density at radius 3 is 2.77 bits per heavy atom. The van der Waals surface area contributed by atoms with Crippen LogP contribution in [0.2, 0.25) is 5.02 Å². The van der Waals surface area contributed by atoms with Crippen LogP contribution in [0.15, 0.2) is 24.3 Å². The maximum Gasteiger partial charge on any atom is 0.410 e. The van der Waals surface area contributed by atoms with Crippen molar-refractivity contribution < 1.29 is 14.6 Å². The van der Waals surface area contributed by atoms with Crippen LogP contribution < -0.4 is 10.2 Å². The zero-order chi connectivity index (χ0) is 27.5. The number of terminal acetylenes is 1. The first-order valence-electron chi connectivity index (χ1n) is 13.3. The van der Waals surface area contributed by atoms with Gasteiger partial charge in [-0.2, -0.15) is 4.98 Å². The van der Waals surface area contributed by atoms with Gasteiger partial charge >= 0.3 is 6.09 Å². The summed E-state index contributed by atoms with van der Waals surface area (Å²) in [5.74, 6) is 3.95. The molecule has 1 aromatic carbocycles. The maximum atomic E-state index is 11.3. The van der Waals surface area contributed by atoms with Crippen molar-refractivity contribution in [2.24, 2.45) is 11.8 Å². The summed E-state index contributed by atoms with van der Waals surface area (Å²) in [5.41, 5.74) is 2.42. The number of halogens is 1. The first-order chi connectivity index (χ1) is 18.9. The molecule has 2 aromatic heterocycles. The second-order valence-electron chi connectivity index (χ2n) is 10.1. The Labute approximate surface area is 232 Å². The average molecular weight is 550 g/mol. The molecule has 3 heterocycles. The van der Waals surface area contributed by atoms with Crippen LogP contribution in [0.4, 0.5) is 10.7 Å². The first-order valence-corrected chi connectivity index (χ1v) is 13.7. The number of fused-ring (bicyclic) bond motifs is 1. The highest BCUT2D eigenvalue weighted by Crippen LogP contribution is 2.36. The predicted molar refractivity (Wildman–Crippen MR) is 150 cm³/mol. The molecule has 0 bridgehead atoms. The number of nitrogens with zero attached hydrogens (tertiary/aromatic N) is 5. The summed E-state index contributed by atoms with van der Waals surface area (Å²) in [4.78, 5) is 27.8. The van der Waals surface area contributed by atoms with E-state index in [0.717, 1.165) is 55.7 Å². The van der Waals surface area contributed by atoms with Crippen molar-refractivity contribution in [3.8, 4) is 23.6 Å². The quantitative estimate of drug-likeness (QED) is 0.229. The average Bonchev–Trinajstić information content (AvgIpc) is 3.30. The van der Waals surface area contributed by atoms with E-state index in [-0.39, 0.29) is 11.9 Å². The summed E-state index contributed by atoms with van der Waals surface area (Å²) in [5, 5.41) is 20.1. The molecule has 3 aromatic rings. The number of aromatic nitrogens is 4. The van der Waals surface area contributed by atoms with Gasteiger partial charge in [-0.25, -0.2) is 14.8 Å². The van der Waals surface area contributed by atoms with Gasteiger partial charge in [0.05, 0.1) is 19.3 Å². The molecule has 2 fully saturated rings. The van der Waals surface area contributed by atoms with Crippen LogP contribution in [-0.2, 0) is 11.3 Å². The molecule has 39 heavy (non-hydrogen) atoms. The molecule has 11 heteroatoms. The van der Waals surface area contributed by atoms with Gasteiger partial charge in [-0.05, 0) is 50.2 Å². The van der Waals surface area contributed by atoms with Gasteiger partial charge < -0.3 is 19.3 Å². The highest BCUT2D eigenvalue weighted by molar-refractivity contribution is 6.30. The fourth-order valence-corrected chi connectivity index (χ4v) is 5.75. The van der Waals surface area contributed by atoms with Gasteiger partial charge in [-0.1, -0.05) is 30.7 Å². The molecule has 1 aliphatic carbocycles. The number of carboxylic acid groups (broad SMARTS) is 1. The van der Waals surface area contributed by atoms with Crippen molar-refractivity contribution in [1.82, 2.24) is 24.8 Å². The Morgan fingerprint density at radius 1 is 1.28 bits per heavy atom. The van der Waals surface area contributed by atoms with Crippen molar-refractivity contribution in [2.45, 2.75) is 51.6 Å². The topological polar surface area (TPSA) is 129 Å². The lowest BCUT2D eigenvalue weighted by atomic mass is 9.82. The van der Waals surface area contributed by atoms with Gasteiger partial charge in [0.15, 0.2) is 17.3 Å². The summed E-state index contributed by atoms with van der Waals surface area (Å²) in [6.45, 7) is 4.75. The Bertz CT molecular complexity index is 1420. The molecule has 10 nitrogen and oxygen atoms in total. The minimum atomic E-state index is -1.36. The first kappa shape index (κ1) is 26.9. The monoisotopic (exact) mass is 549 g/mol. The Kier molecular flexibility index (Phi) is 8.00. The molecule has 1 amide bonds. The van der Waals surface area contributed by atoms with Gasteiger partial charge in [-0.3, -0.25) is 10.7 Å². The third-order valence-corrected chi connectivity index (χ3v) is 7.85. The van der Waals surface area contributed by atoms with Crippen LogP contribution in [0.5, 0.6) is 0 Å². The highest BCUT2D eigenvalue weighted by Gasteiger charge is 2.31. The smallest absolute Gasteiger partial charge is 0.410 e. The summed E-state index contributed by atoms with van der Waals surface area (Å²) >= 11 is 6.37. The number of nitrogens with one attached hydrogen (secondary N) is 2. The number of imidazole rings is 1. The number of benzene rings is 1. The van der Waals surface area contributed by atoms with E-state index in [0.29, 0.717) is 48.0 Å². The van der Waals surface area contributed by atoms with Gasteiger partial charge in [0.25, 0.3) is 0 Å². The molecule has 2 aliphatic rings. The van der Waals surface area contributed by atoms with Crippen molar-refractivity contribution in [3.05, 3.63) is 35.1 Å². The van der Waals surface area contributed by atoms with Crippen molar-refractivity contribution in [2.75, 3.05) is 24.7 Å². The third-order valence-electron chi connectivity index (χ3n) is 7.62. The van der Waals surface area contributed by atoms with E-state index in [4.69, 9.17) is 38.1 Å². The summed E-state index contributed by atoms with van der Waals surface area (Å²) in [6.07, 6.45) is 9.27.